The van der Waals surface area contributed by atoms with Crippen LogP contribution in [0.15, 0.2) is 23.0 Å². The third-order valence-electron chi connectivity index (χ3n) is 1.96. The van der Waals surface area contributed by atoms with Crippen molar-refractivity contribution in [2.75, 3.05) is 13.2 Å². The quantitative estimate of drug-likeness (QED) is 0.766. The van der Waals surface area contributed by atoms with Crippen LogP contribution >= 0.6 is 0 Å². The van der Waals surface area contributed by atoms with Crippen LogP contribution in [-0.2, 0) is 4.74 Å². The minimum absolute atomic E-state index is 0.0869. The van der Waals surface area contributed by atoms with Gasteiger partial charge in [-0.1, -0.05) is 6.07 Å². The summed E-state index contributed by atoms with van der Waals surface area (Å²) in [5.74, 6) is -0.301. The molecule has 0 bridgehead atoms. The first-order valence-corrected chi connectivity index (χ1v) is 5.21. The number of aromatic nitrogens is 1. The number of hydrogen-bond donors (Lipinski definition) is 2. The fraction of sp³-hybridized carbons (Fsp3) is 0.455. The van der Waals surface area contributed by atoms with Crippen LogP contribution in [0.25, 0.3) is 0 Å². The number of nitrogens with one attached hydrogen (secondary N) is 2. The Labute approximate surface area is 93.8 Å². The van der Waals surface area contributed by atoms with Crippen molar-refractivity contribution in [1.82, 2.24) is 10.3 Å². The van der Waals surface area contributed by atoms with Crippen LogP contribution in [0.4, 0.5) is 0 Å². The van der Waals surface area contributed by atoms with Gasteiger partial charge in [0, 0.05) is 18.7 Å². The highest BCUT2D eigenvalue weighted by molar-refractivity contribution is 5.92. The van der Waals surface area contributed by atoms with E-state index in [1.165, 1.54) is 6.07 Å². The van der Waals surface area contributed by atoms with Crippen molar-refractivity contribution < 1.29 is 9.53 Å². The topological polar surface area (TPSA) is 71.2 Å². The molecule has 16 heavy (non-hydrogen) atoms. The molecule has 0 radical (unpaired) electrons. The molecule has 0 aromatic carbocycles. The zero-order chi connectivity index (χ0) is 12.0. The van der Waals surface area contributed by atoms with Gasteiger partial charge >= 0.3 is 0 Å². The molecule has 0 aliphatic rings. The number of pyridine rings is 1. The predicted octanol–water partition coefficient (Wildman–Crippen LogP) is 0.530. The molecule has 1 atom stereocenters. The van der Waals surface area contributed by atoms with E-state index in [2.05, 4.69) is 10.3 Å². The van der Waals surface area contributed by atoms with Crippen molar-refractivity contribution in [3.63, 3.8) is 0 Å². The lowest BCUT2D eigenvalue weighted by Gasteiger charge is -2.13. The van der Waals surface area contributed by atoms with Crippen LogP contribution in [0, 0.1) is 0 Å². The summed E-state index contributed by atoms with van der Waals surface area (Å²) >= 11 is 0. The lowest BCUT2D eigenvalue weighted by atomic mass is 10.3. The first-order valence-electron chi connectivity index (χ1n) is 5.21. The maximum atomic E-state index is 11.6. The molecule has 88 valence electrons. The molecular weight excluding hydrogens is 208 g/mol. The van der Waals surface area contributed by atoms with Crippen molar-refractivity contribution in [1.29, 1.82) is 0 Å². The summed E-state index contributed by atoms with van der Waals surface area (Å²) in [6.07, 6.45) is 0. The van der Waals surface area contributed by atoms with Gasteiger partial charge in [0.25, 0.3) is 5.91 Å². The number of carbonyl (C=O) groups excluding carboxylic acids is 1. The van der Waals surface area contributed by atoms with Gasteiger partial charge in [0.2, 0.25) is 5.56 Å². The summed E-state index contributed by atoms with van der Waals surface area (Å²) in [4.78, 5) is 25.1. The van der Waals surface area contributed by atoms with Crippen LogP contribution < -0.4 is 10.9 Å². The van der Waals surface area contributed by atoms with Gasteiger partial charge < -0.3 is 15.0 Å². The molecule has 0 spiro atoms. The molecule has 2 N–H and O–H groups in total. The molecule has 1 heterocycles. The zero-order valence-electron chi connectivity index (χ0n) is 9.45. The van der Waals surface area contributed by atoms with Crippen molar-refractivity contribution in [3.8, 4) is 0 Å². The Kier molecular flexibility index (Phi) is 4.72. The van der Waals surface area contributed by atoms with E-state index < -0.39 is 0 Å². The molecule has 0 saturated heterocycles. The fourth-order valence-electron chi connectivity index (χ4n) is 1.22. The summed E-state index contributed by atoms with van der Waals surface area (Å²) < 4.78 is 5.17. The van der Waals surface area contributed by atoms with E-state index in [9.17, 15) is 9.59 Å². The number of H-pyrrole nitrogens is 1. The van der Waals surface area contributed by atoms with Crippen LogP contribution in [0.3, 0.4) is 0 Å². The third kappa shape index (κ3) is 3.86. The van der Waals surface area contributed by atoms with Gasteiger partial charge in [-0.05, 0) is 19.9 Å². The smallest absolute Gasteiger partial charge is 0.268 e. The minimum atomic E-state index is -0.301. The Balaban J connectivity index is 2.55. The Hall–Kier alpha value is -1.62. The largest absolute Gasteiger partial charge is 0.380 e. The van der Waals surface area contributed by atoms with Gasteiger partial charge in [0.1, 0.15) is 5.69 Å². The maximum absolute atomic E-state index is 11.6. The highest BCUT2D eigenvalue weighted by Gasteiger charge is 2.09. The predicted molar refractivity (Wildman–Crippen MR) is 60.5 cm³/mol. The summed E-state index contributed by atoms with van der Waals surface area (Å²) in [5, 5.41) is 2.72. The first-order chi connectivity index (χ1) is 7.63. The van der Waals surface area contributed by atoms with Crippen molar-refractivity contribution >= 4 is 5.91 Å². The fourth-order valence-corrected chi connectivity index (χ4v) is 1.22. The summed E-state index contributed by atoms with van der Waals surface area (Å²) in [6.45, 7) is 4.81. The number of rotatable bonds is 5. The van der Waals surface area contributed by atoms with Crippen LogP contribution in [-0.4, -0.2) is 30.1 Å². The molecule has 0 saturated carbocycles. The average molecular weight is 224 g/mol. The molecule has 5 nitrogen and oxygen atoms in total. The maximum Gasteiger partial charge on any atom is 0.268 e. The molecule has 1 aromatic heterocycles. The second-order valence-electron chi connectivity index (χ2n) is 3.46. The van der Waals surface area contributed by atoms with Gasteiger partial charge in [0.15, 0.2) is 0 Å². The van der Waals surface area contributed by atoms with E-state index in [1.807, 2.05) is 13.8 Å². The SMILES string of the molecule is CCOCC(C)NC(=O)c1cccc(=O)[nH]1. The van der Waals surface area contributed by atoms with Gasteiger partial charge in [0.05, 0.1) is 6.61 Å². The molecule has 0 fully saturated rings. The van der Waals surface area contributed by atoms with Crippen LogP contribution in [0.1, 0.15) is 24.3 Å². The second-order valence-corrected chi connectivity index (χ2v) is 3.46. The monoisotopic (exact) mass is 224 g/mol. The third-order valence-corrected chi connectivity index (χ3v) is 1.96. The van der Waals surface area contributed by atoms with E-state index in [0.717, 1.165) is 0 Å². The minimum Gasteiger partial charge on any atom is -0.380 e. The molecular formula is C11H16N2O3. The second kappa shape index (κ2) is 6.07. The number of aromatic amines is 1. The number of amides is 1. The Morgan fingerprint density at radius 3 is 2.94 bits per heavy atom. The highest BCUT2D eigenvalue weighted by atomic mass is 16.5. The normalized spacial score (nSPS) is 12.1. The standard InChI is InChI=1S/C11H16N2O3/c1-3-16-7-8(2)12-11(15)9-5-4-6-10(14)13-9/h4-6,8H,3,7H2,1-2H3,(H,12,15)(H,13,14). The van der Waals surface area contributed by atoms with E-state index in [1.54, 1.807) is 12.1 Å². The molecule has 1 unspecified atom stereocenters. The summed E-state index contributed by atoms with van der Waals surface area (Å²) in [6, 6.07) is 4.38. The van der Waals surface area contributed by atoms with E-state index in [-0.39, 0.29) is 23.2 Å². The van der Waals surface area contributed by atoms with Gasteiger partial charge in [-0.2, -0.15) is 0 Å². The summed E-state index contributed by atoms with van der Waals surface area (Å²) in [7, 11) is 0. The molecule has 0 aliphatic heterocycles. The molecule has 0 aliphatic carbocycles. The number of carbonyl (C=O) groups is 1. The number of hydrogen-bond acceptors (Lipinski definition) is 3. The average Bonchev–Trinajstić information content (AvgIpc) is 2.26. The zero-order valence-corrected chi connectivity index (χ0v) is 9.45. The van der Waals surface area contributed by atoms with E-state index in [0.29, 0.717) is 13.2 Å². The first kappa shape index (κ1) is 12.4. The Morgan fingerprint density at radius 2 is 2.31 bits per heavy atom. The highest BCUT2D eigenvalue weighted by Crippen LogP contribution is 1.92. The van der Waals surface area contributed by atoms with Crippen LogP contribution in [0.2, 0.25) is 0 Å². The molecule has 5 heteroatoms. The van der Waals surface area contributed by atoms with Gasteiger partial charge in [-0.3, -0.25) is 9.59 Å². The lowest BCUT2D eigenvalue weighted by Crippen LogP contribution is -2.36. The number of ether oxygens (including phenoxy) is 1. The Morgan fingerprint density at radius 1 is 1.56 bits per heavy atom. The van der Waals surface area contributed by atoms with Crippen molar-refractivity contribution in [3.05, 3.63) is 34.2 Å². The van der Waals surface area contributed by atoms with Gasteiger partial charge in [-0.15, -0.1) is 0 Å². The van der Waals surface area contributed by atoms with Crippen LogP contribution in [0.5, 0.6) is 0 Å². The van der Waals surface area contributed by atoms with E-state index in [4.69, 9.17) is 4.74 Å². The Bertz CT molecular complexity index is 400. The molecule has 1 rings (SSSR count). The van der Waals surface area contributed by atoms with E-state index >= 15 is 0 Å². The van der Waals surface area contributed by atoms with Crippen molar-refractivity contribution in [2.24, 2.45) is 0 Å². The summed E-state index contributed by atoms with van der Waals surface area (Å²) in [5.41, 5.74) is -0.0269. The molecule has 1 amide bonds. The lowest BCUT2D eigenvalue weighted by molar-refractivity contribution is 0.0867. The van der Waals surface area contributed by atoms with Crippen molar-refractivity contribution in [2.45, 2.75) is 19.9 Å². The van der Waals surface area contributed by atoms with Gasteiger partial charge in [-0.25, -0.2) is 0 Å². The molecule has 1 aromatic rings.